The van der Waals surface area contributed by atoms with E-state index in [0.29, 0.717) is 17.5 Å². The zero-order valence-electron chi connectivity index (χ0n) is 9.93. The summed E-state index contributed by atoms with van der Waals surface area (Å²) in [6, 6.07) is 7.92. The first-order valence-electron chi connectivity index (χ1n) is 5.57. The minimum atomic E-state index is -0.631. The van der Waals surface area contributed by atoms with Crippen molar-refractivity contribution in [1.29, 1.82) is 0 Å². The van der Waals surface area contributed by atoms with Crippen LogP contribution in [-0.4, -0.2) is 26.2 Å². The number of nitrogens with one attached hydrogen (secondary N) is 1. The molecule has 0 bridgehead atoms. The van der Waals surface area contributed by atoms with Gasteiger partial charge in [0.15, 0.2) is 5.43 Å². The summed E-state index contributed by atoms with van der Waals surface area (Å²) >= 11 is 0. The van der Waals surface area contributed by atoms with Crippen LogP contribution in [0.25, 0.3) is 11.0 Å². The Morgan fingerprint density at radius 2 is 2.17 bits per heavy atom. The second-order valence-electron chi connectivity index (χ2n) is 3.71. The van der Waals surface area contributed by atoms with Gasteiger partial charge in [-0.3, -0.25) is 4.79 Å². The maximum absolute atomic E-state index is 11.8. The van der Waals surface area contributed by atoms with Crippen molar-refractivity contribution in [2.24, 2.45) is 0 Å². The Kier molecular flexibility index (Phi) is 3.74. The second kappa shape index (κ2) is 5.46. The van der Waals surface area contributed by atoms with Crippen LogP contribution < -0.4 is 10.7 Å². The Hall–Kier alpha value is -2.14. The molecule has 0 spiro atoms. The molecule has 0 fully saturated rings. The lowest BCUT2D eigenvalue weighted by molar-refractivity contribution is 0.0475. The smallest absolute Gasteiger partial charge is 0.374 e. The SMILES string of the molecule is CNCCOC(=O)c1cc(=O)c2ccccc2o1. The first-order valence-corrected chi connectivity index (χ1v) is 5.57. The summed E-state index contributed by atoms with van der Waals surface area (Å²) < 4.78 is 10.3. The molecule has 1 aromatic heterocycles. The van der Waals surface area contributed by atoms with E-state index in [0.717, 1.165) is 6.07 Å². The number of likely N-dealkylation sites (N-methyl/N-ethyl adjacent to an activating group) is 1. The summed E-state index contributed by atoms with van der Waals surface area (Å²) in [5.41, 5.74) is 0.128. The molecule has 0 aliphatic rings. The average molecular weight is 247 g/mol. The van der Waals surface area contributed by atoms with E-state index in [1.807, 2.05) is 0 Å². The summed E-state index contributed by atoms with van der Waals surface area (Å²) in [7, 11) is 1.75. The van der Waals surface area contributed by atoms with Crippen LogP contribution >= 0.6 is 0 Å². The highest BCUT2D eigenvalue weighted by molar-refractivity contribution is 5.88. The maximum atomic E-state index is 11.8. The number of carbonyl (C=O) groups is 1. The number of hydrogen-bond acceptors (Lipinski definition) is 5. The molecule has 1 heterocycles. The zero-order valence-corrected chi connectivity index (χ0v) is 9.93. The van der Waals surface area contributed by atoms with E-state index in [4.69, 9.17) is 9.15 Å². The molecule has 0 saturated carbocycles. The quantitative estimate of drug-likeness (QED) is 0.648. The van der Waals surface area contributed by atoms with Gasteiger partial charge >= 0.3 is 5.97 Å². The van der Waals surface area contributed by atoms with Crippen LogP contribution in [0.5, 0.6) is 0 Å². The normalized spacial score (nSPS) is 10.5. The summed E-state index contributed by atoms with van der Waals surface area (Å²) in [6.45, 7) is 0.773. The highest BCUT2D eigenvalue weighted by Gasteiger charge is 2.13. The zero-order chi connectivity index (χ0) is 13.0. The van der Waals surface area contributed by atoms with Crippen LogP contribution in [0.4, 0.5) is 0 Å². The Bertz CT molecular complexity index is 618. The Balaban J connectivity index is 2.29. The average Bonchev–Trinajstić information content (AvgIpc) is 2.39. The van der Waals surface area contributed by atoms with Gasteiger partial charge in [-0.2, -0.15) is 0 Å². The highest BCUT2D eigenvalue weighted by atomic mass is 16.5. The third-order valence-electron chi connectivity index (χ3n) is 2.42. The number of esters is 1. The van der Waals surface area contributed by atoms with Crippen molar-refractivity contribution in [2.75, 3.05) is 20.2 Å². The van der Waals surface area contributed by atoms with Gasteiger partial charge in [0, 0.05) is 12.6 Å². The fourth-order valence-electron chi connectivity index (χ4n) is 1.52. The van der Waals surface area contributed by atoms with E-state index in [1.54, 1.807) is 31.3 Å². The van der Waals surface area contributed by atoms with Gasteiger partial charge in [0.05, 0.1) is 5.39 Å². The molecule has 0 amide bonds. The van der Waals surface area contributed by atoms with Gasteiger partial charge in [-0.1, -0.05) is 12.1 Å². The van der Waals surface area contributed by atoms with Crippen LogP contribution in [0.2, 0.25) is 0 Å². The van der Waals surface area contributed by atoms with Crippen molar-refractivity contribution >= 4 is 16.9 Å². The lowest BCUT2D eigenvalue weighted by Crippen LogP contribution is -2.18. The van der Waals surface area contributed by atoms with Gasteiger partial charge < -0.3 is 14.5 Å². The molecule has 5 nitrogen and oxygen atoms in total. The minimum absolute atomic E-state index is 0.0743. The van der Waals surface area contributed by atoms with E-state index in [1.165, 1.54) is 0 Å². The fraction of sp³-hybridized carbons (Fsp3) is 0.231. The Labute approximate surface area is 103 Å². The van der Waals surface area contributed by atoms with Crippen LogP contribution in [0, 0.1) is 0 Å². The first-order chi connectivity index (χ1) is 8.72. The third-order valence-corrected chi connectivity index (χ3v) is 2.42. The molecule has 0 radical (unpaired) electrons. The third kappa shape index (κ3) is 2.57. The molecule has 5 heteroatoms. The standard InChI is InChI=1S/C13H13NO4/c1-14-6-7-17-13(16)12-8-10(15)9-4-2-3-5-11(9)18-12/h2-5,8,14H,6-7H2,1H3. The van der Waals surface area contributed by atoms with E-state index in [-0.39, 0.29) is 17.8 Å². The Morgan fingerprint density at radius 3 is 2.94 bits per heavy atom. The molecule has 0 unspecified atom stereocenters. The van der Waals surface area contributed by atoms with Crippen LogP contribution in [0.3, 0.4) is 0 Å². The molecule has 1 aromatic carbocycles. The summed E-state index contributed by atoms with van der Waals surface area (Å²) in [4.78, 5) is 23.4. The van der Waals surface area contributed by atoms with E-state index in [2.05, 4.69) is 5.32 Å². The van der Waals surface area contributed by atoms with Crippen molar-refractivity contribution in [3.63, 3.8) is 0 Å². The predicted molar refractivity (Wildman–Crippen MR) is 66.7 cm³/mol. The van der Waals surface area contributed by atoms with Gasteiger partial charge in [0.1, 0.15) is 12.2 Å². The van der Waals surface area contributed by atoms with E-state index in [9.17, 15) is 9.59 Å². The number of carbonyl (C=O) groups excluding carboxylic acids is 1. The van der Waals surface area contributed by atoms with E-state index >= 15 is 0 Å². The van der Waals surface area contributed by atoms with Crippen molar-refractivity contribution in [3.8, 4) is 0 Å². The molecular formula is C13H13NO4. The molecule has 2 aromatic rings. The number of ether oxygens (including phenoxy) is 1. The van der Waals surface area contributed by atoms with Gasteiger partial charge in [0.2, 0.25) is 5.76 Å². The molecule has 1 N–H and O–H groups in total. The van der Waals surface area contributed by atoms with Gasteiger partial charge in [-0.05, 0) is 19.2 Å². The van der Waals surface area contributed by atoms with Crippen LogP contribution in [-0.2, 0) is 4.74 Å². The molecule has 18 heavy (non-hydrogen) atoms. The van der Waals surface area contributed by atoms with Crippen molar-refractivity contribution in [3.05, 3.63) is 46.3 Å². The van der Waals surface area contributed by atoms with Crippen molar-refractivity contribution in [1.82, 2.24) is 5.32 Å². The van der Waals surface area contributed by atoms with Crippen LogP contribution in [0.15, 0.2) is 39.5 Å². The highest BCUT2D eigenvalue weighted by Crippen LogP contribution is 2.12. The second-order valence-corrected chi connectivity index (χ2v) is 3.71. The van der Waals surface area contributed by atoms with Gasteiger partial charge in [-0.25, -0.2) is 4.79 Å². The lowest BCUT2D eigenvalue weighted by Gasteiger charge is -2.04. The first kappa shape index (κ1) is 12.3. The number of hydrogen-bond donors (Lipinski definition) is 1. The summed E-state index contributed by atoms with van der Waals surface area (Å²) in [5.74, 6) is -0.706. The van der Waals surface area contributed by atoms with Crippen molar-refractivity contribution < 1.29 is 13.9 Å². The topological polar surface area (TPSA) is 68.5 Å². The summed E-state index contributed by atoms with van der Waals surface area (Å²) in [5, 5.41) is 3.29. The Morgan fingerprint density at radius 1 is 1.39 bits per heavy atom. The summed E-state index contributed by atoms with van der Waals surface area (Å²) in [6.07, 6.45) is 0. The largest absolute Gasteiger partial charge is 0.458 e. The van der Waals surface area contributed by atoms with Gasteiger partial charge in [0.25, 0.3) is 0 Å². The molecule has 0 aliphatic heterocycles. The van der Waals surface area contributed by atoms with Gasteiger partial charge in [-0.15, -0.1) is 0 Å². The molecule has 0 aliphatic carbocycles. The number of rotatable bonds is 4. The van der Waals surface area contributed by atoms with E-state index < -0.39 is 5.97 Å². The molecular weight excluding hydrogens is 234 g/mol. The van der Waals surface area contributed by atoms with Crippen LogP contribution in [0.1, 0.15) is 10.6 Å². The van der Waals surface area contributed by atoms with Crippen molar-refractivity contribution in [2.45, 2.75) is 0 Å². The molecule has 2 rings (SSSR count). The monoisotopic (exact) mass is 247 g/mol. The fourth-order valence-corrected chi connectivity index (χ4v) is 1.52. The number of para-hydroxylation sites is 1. The number of fused-ring (bicyclic) bond motifs is 1. The number of benzene rings is 1. The predicted octanol–water partition coefficient (Wildman–Crippen LogP) is 1.17. The molecule has 94 valence electrons. The molecule has 0 saturated heterocycles. The lowest BCUT2D eigenvalue weighted by atomic mass is 10.2. The molecule has 0 atom stereocenters. The maximum Gasteiger partial charge on any atom is 0.374 e. The minimum Gasteiger partial charge on any atom is -0.458 e.